The summed E-state index contributed by atoms with van der Waals surface area (Å²) in [6.45, 7) is 4.54. The van der Waals surface area contributed by atoms with Gasteiger partial charge < -0.3 is 14.5 Å². The molecule has 100 valence electrons. The Kier molecular flexibility index (Phi) is 4.01. The Morgan fingerprint density at radius 2 is 2.33 bits per heavy atom. The molecular formula is C13H20N2O3. The van der Waals surface area contributed by atoms with Crippen LogP contribution in [0.2, 0.25) is 0 Å². The highest BCUT2D eigenvalue weighted by atomic mass is 16.5. The van der Waals surface area contributed by atoms with Gasteiger partial charge in [-0.1, -0.05) is 5.16 Å². The fraction of sp³-hybridized carbons (Fsp3) is 0.692. The molecule has 1 amide bonds. The largest absolute Gasteiger partial charge is 0.396 e. The van der Waals surface area contributed by atoms with Gasteiger partial charge in [-0.3, -0.25) is 4.79 Å². The van der Waals surface area contributed by atoms with E-state index in [1.54, 1.807) is 13.8 Å². The average Bonchev–Trinajstić information content (AvgIpc) is 2.93. The van der Waals surface area contributed by atoms with Crippen molar-refractivity contribution in [1.29, 1.82) is 0 Å². The number of rotatable bonds is 4. The minimum Gasteiger partial charge on any atom is -0.396 e. The van der Waals surface area contributed by atoms with Crippen LogP contribution >= 0.6 is 0 Å². The second kappa shape index (κ2) is 5.52. The second-order valence-corrected chi connectivity index (χ2v) is 4.86. The van der Waals surface area contributed by atoms with Crippen LogP contribution in [0.1, 0.15) is 47.5 Å². The number of hydrogen-bond acceptors (Lipinski definition) is 4. The maximum atomic E-state index is 12.5. The maximum absolute atomic E-state index is 12.5. The zero-order chi connectivity index (χ0) is 13.1. The standard InChI is InChI=1S/C13H20N2O3/c1-9-12(10(2)18-14-9)13(17)15-7-3-5-11(15)6-4-8-16/h11,16H,3-8H2,1-2H3. The van der Waals surface area contributed by atoms with Gasteiger partial charge in [0, 0.05) is 19.2 Å². The van der Waals surface area contributed by atoms with Gasteiger partial charge in [0.1, 0.15) is 11.3 Å². The number of carbonyl (C=O) groups is 1. The second-order valence-electron chi connectivity index (χ2n) is 4.86. The van der Waals surface area contributed by atoms with Crippen molar-refractivity contribution in [1.82, 2.24) is 10.1 Å². The SMILES string of the molecule is Cc1noc(C)c1C(=O)N1CCCC1CCCO. The Hall–Kier alpha value is -1.36. The fourth-order valence-electron chi connectivity index (χ4n) is 2.66. The van der Waals surface area contributed by atoms with E-state index < -0.39 is 0 Å². The van der Waals surface area contributed by atoms with Gasteiger partial charge in [-0.05, 0) is 39.5 Å². The number of hydrogen-bond donors (Lipinski definition) is 1. The van der Waals surface area contributed by atoms with E-state index >= 15 is 0 Å². The summed E-state index contributed by atoms with van der Waals surface area (Å²) in [7, 11) is 0. The molecule has 1 aromatic heterocycles. The van der Waals surface area contributed by atoms with Crippen LogP contribution in [-0.2, 0) is 0 Å². The van der Waals surface area contributed by atoms with Crippen molar-refractivity contribution in [2.45, 2.75) is 45.6 Å². The molecule has 1 N–H and O–H groups in total. The highest BCUT2D eigenvalue weighted by Crippen LogP contribution is 2.25. The number of likely N-dealkylation sites (tertiary alicyclic amines) is 1. The van der Waals surface area contributed by atoms with Gasteiger partial charge in [0.2, 0.25) is 0 Å². The van der Waals surface area contributed by atoms with E-state index in [0.29, 0.717) is 17.0 Å². The third kappa shape index (κ3) is 2.41. The molecule has 0 spiro atoms. The van der Waals surface area contributed by atoms with E-state index in [0.717, 1.165) is 32.2 Å². The van der Waals surface area contributed by atoms with E-state index in [-0.39, 0.29) is 18.6 Å². The predicted molar refractivity (Wildman–Crippen MR) is 66.4 cm³/mol. The first-order valence-electron chi connectivity index (χ1n) is 6.50. The van der Waals surface area contributed by atoms with Crippen molar-refractivity contribution in [3.8, 4) is 0 Å². The third-order valence-corrected chi connectivity index (χ3v) is 3.58. The van der Waals surface area contributed by atoms with Crippen LogP contribution in [0.15, 0.2) is 4.52 Å². The number of aryl methyl sites for hydroxylation is 2. The molecule has 0 aliphatic carbocycles. The summed E-state index contributed by atoms with van der Waals surface area (Å²) in [5, 5.41) is 12.7. The summed E-state index contributed by atoms with van der Waals surface area (Å²) in [6, 6.07) is 0.248. The number of aliphatic hydroxyl groups excluding tert-OH is 1. The smallest absolute Gasteiger partial charge is 0.259 e. The fourth-order valence-corrected chi connectivity index (χ4v) is 2.66. The first-order valence-corrected chi connectivity index (χ1v) is 6.50. The molecule has 0 radical (unpaired) electrons. The number of amides is 1. The topological polar surface area (TPSA) is 66.6 Å². The summed E-state index contributed by atoms with van der Waals surface area (Å²) in [4.78, 5) is 14.4. The molecule has 1 unspecified atom stereocenters. The quantitative estimate of drug-likeness (QED) is 0.885. The molecule has 1 aromatic rings. The first kappa shape index (κ1) is 13.1. The Labute approximate surface area is 107 Å². The highest BCUT2D eigenvalue weighted by molar-refractivity contribution is 5.96. The van der Waals surface area contributed by atoms with Crippen LogP contribution in [0.4, 0.5) is 0 Å². The van der Waals surface area contributed by atoms with Crippen LogP contribution in [0.5, 0.6) is 0 Å². The number of aromatic nitrogens is 1. The molecule has 1 aliphatic rings. The number of carbonyl (C=O) groups excluding carboxylic acids is 1. The molecule has 1 aliphatic heterocycles. The molecule has 0 aromatic carbocycles. The molecule has 18 heavy (non-hydrogen) atoms. The molecule has 0 saturated carbocycles. The van der Waals surface area contributed by atoms with Gasteiger partial charge in [0.15, 0.2) is 0 Å². The Balaban J connectivity index is 2.13. The minimum absolute atomic E-state index is 0.0201. The van der Waals surface area contributed by atoms with Gasteiger partial charge in [-0.2, -0.15) is 0 Å². The van der Waals surface area contributed by atoms with Crippen molar-refractivity contribution in [2.24, 2.45) is 0 Å². The van der Waals surface area contributed by atoms with Crippen LogP contribution in [-0.4, -0.2) is 40.3 Å². The van der Waals surface area contributed by atoms with E-state index in [9.17, 15) is 4.79 Å². The Morgan fingerprint density at radius 1 is 1.56 bits per heavy atom. The van der Waals surface area contributed by atoms with E-state index in [4.69, 9.17) is 9.63 Å². The van der Waals surface area contributed by atoms with E-state index in [1.807, 2.05) is 4.90 Å². The lowest BCUT2D eigenvalue weighted by Crippen LogP contribution is -2.36. The Morgan fingerprint density at radius 3 is 2.94 bits per heavy atom. The summed E-state index contributed by atoms with van der Waals surface area (Å²) in [5.74, 6) is 0.608. The minimum atomic E-state index is 0.0201. The normalized spacial score (nSPS) is 19.5. The van der Waals surface area contributed by atoms with Crippen LogP contribution in [0, 0.1) is 13.8 Å². The van der Waals surface area contributed by atoms with Crippen LogP contribution < -0.4 is 0 Å². The number of nitrogens with zero attached hydrogens (tertiary/aromatic N) is 2. The van der Waals surface area contributed by atoms with Crippen molar-refractivity contribution in [3.63, 3.8) is 0 Å². The van der Waals surface area contributed by atoms with Gasteiger partial charge in [0.25, 0.3) is 5.91 Å². The molecule has 0 bridgehead atoms. The molecule has 1 saturated heterocycles. The molecular weight excluding hydrogens is 232 g/mol. The molecule has 5 nitrogen and oxygen atoms in total. The van der Waals surface area contributed by atoms with Gasteiger partial charge >= 0.3 is 0 Å². The highest BCUT2D eigenvalue weighted by Gasteiger charge is 2.31. The van der Waals surface area contributed by atoms with Crippen LogP contribution in [0.3, 0.4) is 0 Å². The summed E-state index contributed by atoms with van der Waals surface area (Å²) >= 11 is 0. The predicted octanol–water partition coefficient (Wildman–Crippen LogP) is 1.67. The van der Waals surface area contributed by atoms with Crippen molar-refractivity contribution < 1.29 is 14.4 Å². The lowest BCUT2D eigenvalue weighted by atomic mass is 10.1. The van der Waals surface area contributed by atoms with Gasteiger partial charge in [-0.15, -0.1) is 0 Å². The first-order chi connectivity index (χ1) is 8.65. The molecule has 2 rings (SSSR count). The van der Waals surface area contributed by atoms with Crippen molar-refractivity contribution >= 4 is 5.91 Å². The summed E-state index contributed by atoms with van der Waals surface area (Å²) in [5.41, 5.74) is 1.26. The molecule has 1 fully saturated rings. The zero-order valence-electron chi connectivity index (χ0n) is 11.0. The monoisotopic (exact) mass is 252 g/mol. The van der Waals surface area contributed by atoms with Crippen LogP contribution in [0.25, 0.3) is 0 Å². The lowest BCUT2D eigenvalue weighted by molar-refractivity contribution is 0.0722. The molecule has 2 heterocycles. The maximum Gasteiger partial charge on any atom is 0.259 e. The Bertz CT molecular complexity index is 408. The summed E-state index contributed by atoms with van der Waals surface area (Å²) in [6.07, 6.45) is 3.67. The van der Waals surface area contributed by atoms with E-state index in [2.05, 4.69) is 5.16 Å². The number of aliphatic hydroxyl groups is 1. The van der Waals surface area contributed by atoms with Crippen molar-refractivity contribution in [2.75, 3.05) is 13.2 Å². The van der Waals surface area contributed by atoms with E-state index in [1.165, 1.54) is 0 Å². The third-order valence-electron chi connectivity index (χ3n) is 3.58. The zero-order valence-corrected chi connectivity index (χ0v) is 11.0. The lowest BCUT2D eigenvalue weighted by Gasteiger charge is -2.24. The van der Waals surface area contributed by atoms with Crippen molar-refractivity contribution in [3.05, 3.63) is 17.0 Å². The average molecular weight is 252 g/mol. The molecule has 1 atom stereocenters. The van der Waals surface area contributed by atoms with Gasteiger partial charge in [-0.25, -0.2) is 0 Å². The summed E-state index contributed by atoms with van der Waals surface area (Å²) < 4.78 is 5.05. The molecule has 5 heteroatoms. The van der Waals surface area contributed by atoms with Gasteiger partial charge in [0.05, 0.1) is 5.69 Å².